The summed E-state index contributed by atoms with van der Waals surface area (Å²) in [5, 5.41) is 0. The molecule has 0 fully saturated rings. The molecule has 2 nitrogen and oxygen atoms in total. The van der Waals surface area contributed by atoms with Crippen LogP contribution in [0.4, 0.5) is 13.2 Å². The van der Waals surface area contributed by atoms with Crippen molar-refractivity contribution >= 4 is 9.84 Å². The highest BCUT2D eigenvalue weighted by molar-refractivity contribution is 7.90. The van der Waals surface area contributed by atoms with E-state index in [4.69, 9.17) is 0 Å². The smallest absolute Gasteiger partial charge is 0.181 e. The first-order valence-electron chi connectivity index (χ1n) is 3.17. The van der Waals surface area contributed by atoms with Crippen LogP contribution >= 0.6 is 0 Å². The van der Waals surface area contributed by atoms with E-state index in [0.29, 0.717) is 18.4 Å². The number of hydrogen-bond acceptors (Lipinski definition) is 2. The minimum absolute atomic E-state index is 0.319. The summed E-state index contributed by atoms with van der Waals surface area (Å²) in [6, 6.07) is 0.638. The van der Waals surface area contributed by atoms with E-state index >= 15 is 0 Å². The predicted octanol–water partition coefficient (Wildman–Crippen LogP) is 1.51. The second kappa shape index (κ2) is 3.02. The van der Waals surface area contributed by atoms with Crippen LogP contribution in [-0.2, 0) is 9.84 Å². The Morgan fingerprint density at radius 1 is 1.08 bits per heavy atom. The molecule has 0 spiro atoms. The molecule has 0 heterocycles. The number of hydrogen-bond donors (Lipinski definition) is 0. The summed E-state index contributed by atoms with van der Waals surface area (Å²) < 4.78 is 59.4. The van der Waals surface area contributed by atoms with Gasteiger partial charge in [-0.1, -0.05) is 0 Å². The van der Waals surface area contributed by atoms with Crippen LogP contribution in [0.1, 0.15) is 0 Å². The van der Waals surface area contributed by atoms with Crippen molar-refractivity contribution in [1.29, 1.82) is 0 Å². The van der Waals surface area contributed by atoms with Gasteiger partial charge in [0.2, 0.25) is 0 Å². The van der Waals surface area contributed by atoms with Crippen molar-refractivity contribution in [3.8, 4) is 0 Å². The van der Waals surface area contributed by atoms with Crippen LogP contribution in [-0.4, -0.2) is 14.7 Å². The number of benzene rings is 1. The monoisotopic (exact) mass is 210 g/mol. The van der Waals surface area contributed by atoms with Gasteiger partial charge in [0.1, 0.15) is 22.3 Å². The molecule has 0 atom stereocenters. The van der Waals surface area contributed by atoms with E-state index in [1.807, 2.05) is 0 Å². The van der Waals surface area contributed by atoms with Crippen molar-refractivity contribution in [2.45, 2.75) is 4.90 Å². The molecular formula is C7H5F3O2S. The topological polar surface area (TPSA) is 34.1 Å². The highest BCUT2D eigenvalue weighted by Gasteiger charge is 2.20. The van der Waals surface area contributed by atoms with E-state index in [9.17, 15) is 21.6 Å². The lowest BCUT2D eigenvalue weighted by atomic mass is 10.3. The maximum atomic E-state index is 12.7. The molecule has 0 unspecified atom stereocenters. The minimum Gasteiger partial charge on any atom is -0.224 e. The molecule has 0 amide bonds. The van der Waals surface area contributed by atoms with Gasteiger partial charge in [-0.2, -0.15) is 0 Å². The molecule has 0 aromatic heterocycles. The first-order chi connectivity index (χ1) is 5.82. The van der Waals surface area contributed by atoms with Crippen LogP contribution in [0.3, 0.4) is 0 Å². The highest BCUT2D eigenvalue weighted by Crippen LogP contribution is 2.19. The summed E-state index contributed by atoms with van der Waals surface area (Å²) in [5.41, 5.74) is 0. The van der Waals surface area contributed by atoms with Gasteiger partial charge >= 0.3 is 0 Å². The summed E-state index contributed by atoms with van der Waals surface area (Å²) in [6.45, 7) is 0. The fraction of sp³-hybridized carbons (Fsp3) is 0.143. The van der Waals surface area contributed by atoms with Crippen molar-refractivity contribution < 1.29 is 21.6 Å². The van der Waals surface area contributed by atoms with Gasteiger partial charge in [-0.05, 0) is 0 Å². The Balaban J connectivity index is 3.57. The van der Waals surface area contributed by atoms with E-state index in [1.54, 1.807) is 0 Å². The van der Waals surface area contributed by atoms with Gasteiger partial charge in [-0.15, -0.1) is 0 Å². The average molecular weight is 210 g/mol. The molecule has 13 heavy (non-hydrogen) atoms. The number of halogens is 3. The minimum atomic E-state index is -4.00. The van der Waals surface area contributed by atoms with Gasteiger partial charge in [0.15, 0.2) is 9.84 Å². The molecule has 6 heteroatoms. The second-order valence-electron chi connectivity index (χ2n) is 2.47. The third kappa shape index (κ3) is 2.00. The molecule has 1 aromatic carbocycles. The maximum absolute atomic E-state index is 12.7. The standard InChI is InChI=1S/C7H5F3O2S/c1-13(11,12)7-5(9)2-4(8)3-6(7)10/h2-3H,1H3. The van der Waals surface area contributed by atoms with E-state index in [1.165, 1.54) is 0 Å². The molecule has 0 aliphatic heterocycles. The Hall–Kier alpha value is -1.04. The van der Waals surface area contributed by atoms with Gasteiger partial charge < -0.3 is 0 Å². The molecule has 0 saturated carbocycles. The first-order valence-corrected chi connectivity index (χ1v) is 5.06. The Kier molecular flexibility index (Phi) is 2.34. The van der Waals surface area contributed by atoms with E-state index in [-0.39, 0.29) is 0 Å². The fourth-order valence-corrected chi connectivity index (χ4v) is 1.71. The Bertz CT molecular complexity index is 416. The van der Waals surface area contributed by atoms with E-state index < -0.39 is 32.2 Å². The summed E-state index contributed by atoms with van der Waals surface area (Å²) in [7, 11) is -4.00. The molecule has 0 aliphatic rings. The van der Waals surface area contributed by atoms with Crippen LogP contribution in [0.2, 0.25) is 0 Å². The average Bonchev–Trinajstić information content (AvgIpc) is 1.78. The Morgan fingerprint density at radius 2 is 1.46 bits per heavy atom. The molecule has 72 valence electrons. The van der Waals surface area contributed by atoms with Gasteiger partial charge in [0.05, 0.1) is 0 Å². The number of sulfone groups is 1. The summed E-state index contributed by atoms with van der Waals surface area (Å²) in [6.07, 6.45) is 0.645. The predicted molar refractivity (Wildman–Crippen MR) is 39.4 cm³/mol. The van der Waals surface area contributed by atoms with Crippen LogP contribution in [0.15, 0.2) is 17.0 Å². The van der Waals surface area contributed by atoms with Crippen LogP contribution < -0.4 is 0 Å². The third-order valence-corrected chi connectivity index (χ3v) is 2.47. The van der Waals surface area contributed by atoms with Crippen LogP contribution in [0, 0.1) is 17.5 Å². The quantitative estimate of drug-likeness (QED) is 0.658. The SMILES string of the molecule is CS(=O)(=O)c1c(F)cc(F)cc1F. The molecule has 0 bridgehead atoms. The Labute approximate surface area is 72.9 Å². The van der Waals surface area contributed by atoms with E-state index in [0.717, 1.165) is 0 Å². The van der Waals surface area contributed by atoms with Crippen LogP contribution in [0.5, 0.6) is 0 Å². The van der Waals surface area contributed by atoms with Gasteiger partial charge in [-0.3, -0.25) is 0 Å². The van der Waals surface area contributed by atoms with Gasteiger partial charge in [-0.25, -0.2) is 21.6 Å². The number of rotatable bonds is 1. The lowest BCUT2D eigenvalue weighted by Crippen LogP contribution is -2.05. The maximum Gasteiger partial charge on any atom is 0.181 e. The highest BCUT2D eigenvalue weighted by atomic mass is 32.2. The normalized spacial score (nSPS) is 11.7. The van der Waals surface area contributed by atoms with Gasteiger partial charge in [0.25, 0.3) is 0 Å². The molecule has 0 radical (unpaired) electrons. The zero-order valence-corrected chi connectivity index (χ0v) is 7.33. The Morgan fingerprint density at radius 3 is 1.77 bits per heavy atom. The molecular weight excluding hydrogens is 205 g/mol. The fourth-order valence-electron chi connectivity index (χ4n) is 0.883. The molecule has 1 rings (SSSR count). The summed E-state index contributed by atoms with van der Waals surface area (Å²) in [5.74, 6) is -3.98. The summed E-state index contributed by atoms with van der Waals surface area (Å²) >= 11 is 0. The van der Waals surface area contributed by atoms with Crippen molar-refractivity contribution in [2.24, 2.45) is 0 Å². The lowest BCUT2D eigenvalue weighted by Gasteiger charge is -2.01. The van der Waals surface area contributed by atoms with Crippen molar-refractivity contribution in [3.05, 3.63) is 29.6 Å². The first kappa shape index (κ1) is 10.0. The molecule has 0 aliphatic carbocycles. The summed E-state index contributed by atoms with van der Waals surface area (Å²) in [4.78, 5) is -1.10. The van der Waals surface area contributed by atoms with Crippen molar-refractivity contribution in [1.82, 2.24) is 0 Å². The van der Waals surface area contributed by atoms with Gasteiger partial charge in [0, 0.05) is 18.4 Å². The molecule has 1 aromatic rings. The van der Waals surface area contributed by atoms with Crippen molar-refractivity contribution in [3.63, 3.8) is 0 Å². The third-order valence-electron chi connectivity index (χ3n) is 1.33. The van der Waals surface area contributed by atoms with Crippen LogP contribution in [0.25, 0.3) is 0 Å². The molecule has 0 N–H and O–H groups in total. The largest absolute Gasteiger partial charge is 0.224 e. The van der Waals surface area contributed by atoms with Crippen molar-refractivity contribution in [2.75, 3.05) is 6.26 Å². The lowest BCUT2D eigenvalue weighted by molar-refractivity contribution is 0.498. The molecule has 0 saturated heterocycles. The second-order valence-corrected chi connectivity index (χ2v) is 4.42. The van der Waals surface area contributed by atoms with E-state index in [2.05, 4.69) is 0 Å². The zero-order valence-electron chi connectivity index (χ0n) is 6.51. The zero-order chi connectivity index (χ0) is 10.2.